The number of aryl methyl sites for hydroxylation is 1. The van der Waals surface area contributed by atoms with Gasteiger partial charge in [-0.2, -0.15) is 0 Å². The molecule has 27 heavy (non-hydrogen) atoms. The molecule has 0 bridgehead atoms. The van der Waals surface area contributed by atoms with E-state index >= 15 is 0 Å². The van der Waals surface area contributed by atoms with Crippen molar-refractivity contribution in [3.63, 3.8) is 0 Å². The molecule has 1 amide bonds. The number of anilines is 2. The van der Waals surface area contributed by atoms with Gasteiger partial charge in [0.25, 0.3) is 5.91 Å². The lowest BCUT2D eigenvalue weighted by atomic mass is 10.2. The first-order valence-corrected chi connectivity index (χ1v) is 9.16. The molecule has 2 aromatic rings. The summed E-state index contributed by atoms with van der Waals surface area (Å²) >= 11 is 0. The minimum atomic E-state index is -0.200. The van der Waals surface area contributed by atoms with Gasteiger partial charge in [0.1, 0.15) is 23.1 Å². The highest BCUT2D eigenvalue weighted by Gasteiger charge is 2.12. The molecule has 2 rings (SSSR count). The molecule has 0 saturated heterocycles. The molecule has 7 heteroatoms. The van der Waals surface area contributed by atoms with Crippen LogP contribution in [-0.2, 0) is 0 Å². The predicted molar refractivity (Wildman–Crippen MR) is 108 cm³/mol. The van der Waals surface area contributed by atoms with Crippen LogP contribution in [-0.4, -0.2) is 54.1 Å². The van der Waals surface area contributed by atoms with Gasteiger partial charge in [0.05, 0.1) is 11.8 Å². The summed E-state index contributed by atoms with van der Waals surface area (Å²) in [5, 5.41) is 6.14. The zero-order valence-electron chi connectivity index (χ0n) is 16.7. The lowest BCUT2D eigenvalue weighted by molar-refractivity contribution is 0.0947. The third kappa shape index (κ3) is 6.86. The molecule has 0 saturated carbocycles. The Bertz CT molecular complexity index is 762. The molecule has 146 valence electrons. The van der Waals surface area contributed by atoms with Crippen LogP contribution in [0.1, 0.15) is 36.6 Å². The van der Waals surface area contributed by atoms with Gasteiger partial charge >= 0.3 is 0 Å². The number of benzene rings is 1. The second-order valence-electron chi connectivity index (χ2n) is 6.89. The molecular weight excluding hydrogens is 342 g/mol. The van der Waals surface area contributed by atoms with E-state index in [1.807, 2.05) is 52.2 Å². The highest BCUT2D eigenvalue weighted by Crippen LogP contribution is 2.27. The van der Waals surface area contributed by atoms with Gasteiger partial charge in [-0.25, -0.2) is 9.97 Å². The molecule has 7 nitrogen and oxygen atoms in total. The summed E-state index contributed by atoms with van der Waals surface area (Å²) in [5.74, 6) is 1.62. The number of hydrogen-bond donors (Lipinski definition) is 2. The van der Waals surface area contributed by atoms with Crippen molar-refractivity contribution in [2.75, 3.05) is 32.5 Å². The highest BCUT2D eigenvalue weighted by atomic mass is 16.5. The summed E-state index contributed by atoms with van der Waals surface area (Å²) < 4.78 is 5.82. The minimum absolute atomic E-state index is 0.0589. The fraction of sp³-hybridized carbons (Fsp3) is 0.450. The van der Waals surface area contributed by atoms with Gasteiger partial charge in [0.2, 0.25) is 0 Å². The molecule has 0 aliphatic carbocycles. The first-order chi connectivity index (χ1) is 12.8. The largest absolute Gasteiger partial charge is 0.489 e. The predicted octanol–water partition coefficient (Wildman–Crippen LogP) is 3.00. The van der Waals surface area contributed by atoms with Crippen LogP contribution in [0.2, 0.25) is 0 Å². The Balaban J connectivity index is 2.10. The van der Waals surface area contributed by atoms with Crippen molar-refractivity contribution in [2.24, 2.45) is 0 Å². The number of aromatic nitrogens is 2. The third-order valence-electron chi connectivity index (χ3n) is 3.65. The van der Waals surface area contributed by atoms with Gasteiger partial charge in [-0.3, -0.25) is 4.79 Å². The molecule has 1 heterocycles. The summed E-state index contributed by atoms with van der Waals surface area (Å²) in [6.45, 7) is 7.25. The van der Waals surface area contributed by atoms with Crippen molar-refractivity contribution in [2.45, 2.75) is 33.3 Å². The van der Waals surface area contributed by atoms with Gasteiger partial charge in [0, 0.05) is 12.6 Å². The standard InChI is InChI=1S/C20H29N5O2/c1-14(2)27-18-10-7-6-9-16(18)24-19-13-17(22-15(3)23-19)20(26)21-11-8-12-25(4)5/h6-7,9-10,13-14H,8,11-12H2,1-5H3,(H,21,26)(H,22,23,24). The maximum absolute atomic E-state index is 12.4. The number of hydrogen-bond acceptors (Lipinski definition) is 6. The van der Waals surface area contributed by atoms with E-state index in [9.17, 15) is 4.79 Å². The van der Waals surface area contributed by atoms with E-state index in [4.69, 9.17) is 4.74 Å². The van der Waals surface area contributed by atoms with Crippen LogP contribution < -0.4 is 15.4 Å². The fourth-order valence-corrected chi connectivity index (χ4v) is 2.50. The minimum Gasteiger partial charge on any atom is -0.489 e. The zero-order valence-corrected chi connectivity index (χ0v) is 16.7. The smallest absolute Gasteiger partial charge is 0.270 e. The van der Waals surface area contributed by atoms with Crippen LogP contribution in [0.5, 0.6) is 5.75 Å². The maximum atomic E-state index is 12.4. The van der Waals surface area contributed by atoms with E-state index in [2.05, 4.69) is 25.5 Å². The summed E-state index contributed by atoms with van der Waals surface area (Å²) in [7, 11) is 4.02. The first kappa shape index (κ1) is 20.6. The summed E-state index contributed by atoms with van der Waals surface area (Å²) in [6, 6.07) is 9.30. The lowest BCUT2D eigenvalue weighted by Crippen LogP contribution is -2.28. The van der Waals surface area contributed by atoms with Gasteiger partial charge in [0.15, 0.2) is 0 Å². The molecule has 0 radical (unpaired) electrons. The molecule has 2 N–H and O–H groups in total. The number of ether oxygens (including phenoxy) is 1. The van der Waals surface area contributed by atoms with E-state index < -0.39 is 0 Å². The number of nitrogens with zero attached hydrogens (tertiary/aromatic N) is 3. The Morgan fingerprint density at radius 3 is 2.67 bits per heavy atom. The van der Waals surface area contributed by atoms with Crippen LogP contribution in [0.3, 0.4) is 0 Å². The van der Waals surface area contributed by atoms with E-state index in [-0.39, 0.29) is 12.0 Å². The van der Waals surface area contributed by atoms with E-state index in [0.717, 1.165) is 24.4 Å². The molecule has 0 aliphatic heterocycles. The van der Waals surface area contributed by atoms with E-state index in [1.54, 1.807) is 13.0 Å². The Hall–Kier alpha value is -2.67. The van der Waals surface area contributed by atoms with Crippen molar-refractivity contribution in [1.29, 1.82) is 0 Å². The average Bonchev–Trinajstić information content (AvgIpc) is 2.59. The molecule has 1 aromatic carbocycles. The molecule has 1 aromatic heterocycles. The highest BCUT2D eigenvalue weighted by molar-refractivity contribution is 5.93. The number of amides is 1. The molecular formula is C20H29N5O2. The number of carbonyl (C=O) groups excluding carboxylic acids is 1. The molecule has 0 spiro atoms. The van der Waals surface area contributed by atoms with E-state index in [0.29, 0.717) is 23.9 Å². The summed E-state index contributed by atoms with van der Waals surface area (Å²) in [4.78, 5) is 23.1. The maximum Gasteiger partial charge on any atom is 0.270 e. The van der Waals surface area contributed by atoms with Crippen molar-refractivity contribution in [3.05, 3.63) is 41.9 Å². The van der Waals surface area contributed by atoms with Crippen LogP contribution in [0.25, 0.3) is 0 Å². The summed E-state index contributed by atoms with van der Waals surface area (Å²) in [5.41, 5.74) is 1.14. The first-order valence-electron chi connectivity index (χ1n) is 9.16. The topological polar surface area (TPSA) is 79.4 Å². The monoisotopic (exact) mass is 371 g/mol. The van der Waals surface area contributed by atoms with Crippen molar-refractivity contribution < 1.29 is 9.53 Å². The number of para-hydroxylation sites is 2. The Kier molecular flexibility index (Phi) is 7.55. The number of carbonyl (C=O) groups is 1. The van der Waals surface area contributed by atoms with Gasteiger partial charge < -0.3 is 20.3 Å². The quantitative estimate of drug-likeness (QED) is 0.660. The van der Waals surface area contributed by atoms with E-state index in [1.165, 1.54) is 0 Å². The average molecular weight is 371 g/mol. The van der Waals surface area contributed by atoms with Crippen LogP contribution >= 0.6 is 0 Å². The van der Waals surface area contributed by atoms with Gasteiger partial charge in [-0.05, 0) is 60.0 Å². The number of rotatable bonds is 9. The molecule has 0 unspecified atom stereocenters. The molecule has 0 atom stereocenters. The van der Waals surface area contributed by atoms with Gasteiger partial charge in [-0.15, -0.1) is 0 Å². The van der Waals surface area contributed by atoms with Crippen molar-refractivity contribution in [1.82, 2.24) is 20.2 Å². The van der Waals surface area contributed by atoms with Gasteiger partial charge in [-0.1, -0.05) is 12.1 Å². The second-order valence-corrected chi connectivity index (χ2v) is 6.89. The van der Waals surface area contributed by atoms with Crippen molar-refractivity contribution >= 4 is 17.4 Å². The molecule has 0 fully saturated rings. The number of nitrogens with one attached hydrogen (secondary N) is 2. The third-order valence-corrected chi connectivity index (χ3v) is 3.65. The Labute approximate surface area is 161 Å². The SMILES string of the molecule is Cc1nc(Nc2ccccc2OC(C)C)cc(C(=O)NCCCN(C)C)n1. The zero-order chi connectivity index (χ0) is 19.8. The fourth-order valence-electron chi connectivity index (χ4n) is 2.50. The van der Waals surface area contributed by atoms with Crippen LogP contribution in [0.15, 0.2) is 30.3 Å². The Morgan fingerprint density at radius 2 is 1.96 bits per heavy atom. The second kappa shape index (κ2) is 9.87. The Morgan fingerprint density at radius 1 is 1.22 bits per heavy atom. The normalized spacial score (nSPS) is 10.9. The summed E-state index contributed by atoms with van der Waals surface area (Å²) in [6.07, 6.45) is 0.942. The van der Waals surface area contributed by atoms with Crippen molar-refractivity contribution in [3.8, 4) is 5.75 Å². The van der Waals surface area contributed by atoms with Crippen LogP contribution in [0, 0.1) is 6.92 Å². The van der Waals surface area contributed by atoms with Crippen LogP contribution in [0.4, 0.5) is 11.5 Å². The molecule has 0 aliphatic rings. The lowest BCUT2D eigenvalue weighted by Gasteiger charge is -2.15.